The maximum Gasteiger partial charge on any atom is 0.410 e. The predicted octanol–water partition coefficient (Wildman–Crippen LogP) is 3.71. The van der Waals surface area contributed by atoms with Crippen molar-refractivity contribution < 1.29 is 14.3 Å². The van der Waals surface area contributed by atoms with Crippen LogP contribution in [-0.2, 0) is 4.74 Å². The lowest BCUT2D eigenvalue weighted by atomic mass is 9.95. The molecule has 0 radical (unpaired) electrons. The summed E-state index contributed by atoms with van der Waals surface area (Å²) in [5.41, 5.74) is 0.486. The number of nitrogens with zero attached hydrogens (tertiary/aromatic N) is 2. The van der Waals surface area contributed by atoms with Gasteiger partial charge in [-0.25, -0.2) is 9.78 Å². The van der Waals surface area contributed by atoms with Gasteiger partial charge >= 0.3 is 6.09 Å². The van der Waals surface area contributed by atoms with E-state index in [-0.39, 0.29) is 23.6 Å². The number of rotatable bonds is 2. The Kier molecular flexibility index (Phi) is 4.90. The van der Waals surface area contributed by atoms with E-state index in [0.717, 1.165) is 19.3 Å². The third-order valence-electron chi connectivity index (χ3n) is 4.97. The quantitative estimate of drug-likeness (QED) is 0.795. The molecule has 3 rings (SSSR count). The van der Waals surface area contributed by atoms with E-state index < -0.39 is 5.60 Å². The number of likely N-dealkylation sites (tertiary alicyclic amines) is 1. The maximum atomic E-state index is 12.6. The summed E-state index contributed by atoms with van der Waals surface area (Å²) in [4.78, 5) is 31.1. The Morgan fingerprint density at radius 3 is 2.62 bits per heavy atom. The molecule has 0 aromatic carbocycles. The largest absolute Gasteiger partial charge is 0.444 e. The van der Waals surface area contributed by atoms with Gasteiger partial charge in [-0.2, -0.15) is 0 Å². The Morgan fingerprint density at radius 1 is 1.35 bits per heavy atom. The lowest BCUT2D eigenvalue weighted by Crippen LogP contribution is -2.54. The summed E-state index contributed by atoms with van der Waals surface area (Å²) in [6.45, 7) is 7.99. The molecule has 1 aromatic rings. The van der Waals surface area contributed by atoms with E-state index in [1.54, 1.807) is 19.1 Å². The van der Waals surface area contributed by atoms with Gasteiger partial charge in [0.1, 0.15) is 10.8 Å². The first-order valence-electron chi connectivity index (χ1n) is 9.04. The molecule has 1 aromatic heterocycles. The molecular weight excluding hydrogens is 354 g/mol. The predicted molar refractivity (Wildman–Crippen MR) is 99.4 cm³/mol. The third-order valence-corrected chi connectivity index (χ3v) is 5.18. The summed E-state index contributed by atoms with van der Waals surface area (Å²) in [6.07, 6.45) is 3.14. The highest BCUT2D eigenvalue weighted by Gasteiger charge is 2.54. The van der Waals surface area contributed by atoms with Gasteiger partial charge in [-0.15, -0.1) is 0 Å². The second kappa shape index (κ2) is 6.72. The summed E-state index contributed by atoms with van der Waals surface area (Å²) < 4.78 is 5.54. The first kappa shape index (κ1) is 19.0. The van der Waals surface area contributed by atoms with Crippen molar-refractivity contribution in [3.05, 3.63) is 28.5 Å². The highest BCUT2D eigenvalue weighted by atomic mass is 35.5. The van der Waals surface area contributed by atoms with Gasteiger partial charge in [-0.1, -0.05) is 11.6 Å². The summed E-state index contributed by atoms with van der Waals surface area (Å²) in [5.74, 6) is -0.141. The number of nitrogens with one attached hydrogen (secondary N) is 1. The van der Waals surface area contributed by atoms with Crippen LogP contribution in [-0.4, -0.2) is 45.6 Å². The zero-order valence-corrected chi connectivity index (χ0v) is 16.5. The molecule has 1 unspecified atom stereocenters. The van der Waals surface area contributed by atoms with E-state index in [1.165, 1.54) is 0 Å². The van der Waals surface area contributed by atoms with Crippen LogP contribution in [0.5, 0.6) is 0 Å². The lowest BCUT2D eigenvalue weighted by Gasteiger charge is -2.40. The molecule has 2 fully saturated rings. The molecule has 26 heavy (non-hydrogen) atoms. The molecule has 1 spiro atoms. The van der Waals surface area contributed by atoms with E-state index >= 15 is 0 Å². The summed E-state index contributed by atoms with van der Waals surface area (Å²) in [6, 6.07) is 3.36. The number of aromatic nitrogens is 1. The Morgan fingerprint density at radius 2 is 2.04 bits per heavy atom. The van der Waals surface area contributed by atoms with Crippen molar-refractivity contribution in [2.45, 2.75) is 70.6 Å². The molecule has 1 saturated heterocycles. The lowest BCUT2D eigenvalue weighted by molar-refractivity contribution is 0.00284. The average molecular weight is 380 g/mol. The van der Waals surface area contributed by atoms with Crippen molar-refractivity contribution in [1.82, 2.24) is 15.2 Å². The van der Waals surface area contributed by atoms with E-state index in [1.807, 2.05) is 25.7 Å². The van der Waals surface area contributed by atoms with Gasteiger partial charge in [-0.3, -0.25) is 4.79 Å². The summed E-state index contributed by atoms with van der Waals surface area (Å²) in [5, 5.41) is 3.47. The van der Waals surface area contributed by atoms with E-state index in [2.05, 4.69) is 10.3 Å². The monoisotopic (exact) mass is 379 g/mol. The van der Waals surface area contributed by atoms with Crippen LogP contribution < -0.4 is 5.32 Å². The van der Waals surface area contributed by atoms with Crippen LogP contribution in [0.1, 0.15) is 62.5 Å². The molecule has 142 valence electrons. The highest BCUT2D eigenvalue weighted by molar-refractivity contribution is 6.29. The maximum absolute atomic E-state index is 12.6. The van der Waals surface area contributed by atoms with Gasteiger partial charge < -0.3 is 15.0 Å². The first-order valence-corrected chi connectivity index (χ1v) is 9.42. The smallest absolute Gasteiger partial charge is 0.410 e. The van der Waals surface area contributed by atoms with Crippen LogP contribution in [0, 0.1) is 6.92 Å². The number of halogens is 1. The number of hydrogen-bond donors (Lipinski definition) is 1. The molecule has 6 nitrogen and oxygen atoms in total. The van der Waals surface area contributed by atoms with Crippen molar-refractivity contribution in [3.63, 3.8) is 0 Å². The number of hydrogen-bond acceptors (Lipinski definition) is 4. The number of amides is 2. The van der Waals surface area contributed by atoms with Gasteiger partial charge in [0.25, 0.3) is 5.91 Å². The molecule has 1 aliphatic carbocycles. The fourth-order valence-electron chi connectivity index (χ4n) is 3.57. The second-order valence-electron chi connectivity index (χ2n) is 8.29. The molecular formula is C19H26ClN3O3. The molecule has 1 atom stereocenters. The van der Waals surface area contributed by atoms with Crippen LogP contribution in [0.4, 0.5) is 4.79 Å². The Hall–Kier alpha value is -1.82. The zero-order chi connectivity index (χ0) is 19.1. The molecule has 0 bridgehead atoms. The van der Waals surface area contributed by atoms with Crippen LogP contribution in [0.15, 0.2) is 12.1 Å². The highest BCUT2D eigenvalue weighted by Crippen LogP contribution is 2.48. The van der Waals surface area contributed by atoms with Crippen molar-refractivity contribution >= 4 is 23.6 Å². The van der Waals surface area contributed by atoms with Gasteiger partial charge in [0, 0.05) is 18.1 Å². The number of pyridine rings is 1. The van der Waals surface area contributed by atoms with Crippen molar-refractivity contribution in [1.29, 1.82) is 0 Å². The average Bonchev–Trinajstić information content (AvgIpc) is 3.24. The normalized spacial score (nSPS) is 21.4. The minimum Gasteiger partial charge on any atom is -0.444 e. The fourth-order valence-corrected chi connectivity index (χ4v) is 3.76. The number of aryl methyl sites for hydroxylation is 1. The van der Waals surface area contributed by atoms with Gasteiger partial charge in [-0.05, 0) is 65.5 Å². The van der Waals surface area contributed by atoms with Gasteiger partial charge in [0.15, 0.2) is 0 Å². The van der Waals surface area contributed by atoms with Crippen LogP contribution in [0.2, 0.25) is 5.15 Å². The Bertz CT molecular complexity index is 725. The SMILES string of the molecule is Cc1nc(Cl)ccc1C(=O)NC1CCN(C(=O)OC(C)(C)C)C2(CC2)C1. The van der Waals surface area contributed by atoms with E-state index in [4.69, 9.17) is 16.3 Å². The number of piperidine rings is 1. The molecule has 2 aliphatic rings. The van der Waals surface area contributed by atoms with E-state index in [0.29, 0.717) is 29.4 Å². The molecule has 2 amide bonds. The van der Waals surface area contributed by atoms with Crippen molar-refractivity contribution in [2.24, 2.45) is 0 Å². The van der Waals surface area contributed by atoms with Gasteiger partial charge in [0.05, 0.1) is 11.3 Å². The molecule has 2 heterocycles. The standard InChI is InChI=1S/C19H26ClN3O3/c1-12-14(5-6-15(20)21-12)16(24)22-13-7-10-23(19(11-13)8-9-19)17(25)26-18(2,3)4/h5-6,13H,7-11H2,1-4H3,(H,22,24). The minimum atomic E-state index is -0.503. The number of carbonyl (C=O) groups excluding carboxylic acids is 2. The van der Waals surface area contributed by atoms with Gasteiger partial charge in [0.2, 0.25) is 0 Å². The topological polar surface area (TPSA) is 71.5 Å². The summed E-state index contributed by atoms with van der Waals surface area (Å²) >= 11 is 5.86. The molecule has 1 aliphatic heterocycles. The molecule has 1 N–H and O–H groups in total. The molecule has 1 saturated carbocycles. The van der Waals surface area contributed by atoms with E-state index in [9.17, 15) is 9.59 Å². The Balaban J connectivity index is 1.63. The van der Waals surface area contributed by atoms with Crippen LogP contribution >= 0.6 is 11.6 Å². The Labute approximate surface area is 159 Å². The van der Waals surface area contributed by atoms with Crippen LogP contribution in [0.3, 0.4) is 0 Å². The second-order valence-corrected chi connectivity index (χ2v) is 8.67. The molecule has 7 heteroatoms. The van der Waals surface area contributed by atoms with Crippen LogP contribution in [0.25, 0.3) is 0 Å². The van der Waals surface area contributed by atoms with Crippen molar-refractivity contribution in [2.75, 3.05) is 6.54 Å². The number of ether oxygens (including phenoxy) is 1. The zero-order valence-electron chi connectivity index (χ0n) is 15.8. The number of carbonyl (C=O) groups is 2. The summed E-state index contributed by atoms with van der Waals surface area (Å²) in [7, 11) is 0. The minimum absolute atomic E-state index is 0.0405. The third kappa shape index (κ3) is 4.11. The fraction of sp³-hybridized carbons (Fsp3) is 0.632. The first-order chi connectivity index (χ1) is 12.1. The van der Waals surface area contributed by atoms with Crippen molar-refractivity contribution in [3.8, 4) is 0 Å².